The van der Waals surface area contributed by atoms with Crippen LogP contribution in [0.25, 0.3) is 0 Å². The van der Waals surface area contributed by atoms with E-state index < -0.39 is 0 Å². The molecule has 9 heavy (non-hydrogen) atoms. The quantitative estimate of drug-likeness (QED) is 0.626. The van der Waals surface area contributed by atoms with Gasteiger partial charge in [0, 0.05) is 18.5 Å². The molecule has 0 amide bonds. The Balaban J connectivity index is 2.30. The van der Waals surface area contributed by atoms with Gasteiger partial charge < -0.3 is 5.32 Å². The zero-order valence-corrected chi connectivity index (χ0v) is 5.95. The molecule has 0 aliphatic heterocycles. The molecule has 2 heteroatoms. The highest BCUT2D eigenvalue weighted by molar-refractivity contribution is 7.09. The minimum absolute atomic E-state index is 0.862. The van der Waals surface area contributed by atoms with Crippen molar-refractivity contribution in [2.45, 2.75) is 6.42 Å². The van der Waals surface area contributed by atoms with Gasteiger partial charge in [-0.05, 0) is 17.9 Å². The maximum Gasteiger partial charge on any atom is 0.0407 e. The van der Waals surface area contributed by atoms with Gasteiger partial charge in [-0.15, -0.1) is 11.3 Å². The summed E-state index contributed by atoms with van der Waals surface area (Å²) in [5.41, 5.74) is 0. The summed E-state index contributed by atoms with van der Waals surface area (Å²) >= 11 is 1.77. The highest BCUT2D eigenvalue weighted by atomic mass is 32.1. The lowest BCUT2D eigenvalue weighted by Gasteiger charge is -1.92. The molecule has 1 aromatic heterocycles. The van der Waals surface area contributed by atoms with Crippen molar-refractivity contribution in [3.8, 4) is 0 Å². The topological polar surface area (TPSA) is 12.0 Å². The average Bonchev–Trinajstić information content (AvgIpc) is 2.34. The van der Waals surface area contributed by atoms with E-state index in [0.717, 1.165) is 13.0 Å². The molecule has 2 radical (unpaired) electrons. The van der Waals surface area contributed by atoms with Gasteiger partial charge in [0.2, 0.25) is 0 Å². The Morgan fingerprint density at radius 1 is 1.67 bits per heavy atom. The Morgan fingerprint density at radius 2 is 2.56 bits per heavy atom. The van der Waals surface area contributed by atoms with E-state index in [2.05, 4.69) is 22.8 Å². The lowest BCUT2D eigenvalue weighted by molar-refractivity contribution is 0.838. The molecule has 0 spiro atoms. The monoisotopic (exact) mass is 139 g/mol. The summed E-state index contributed by atoms with van der Waals surface area (Å²) in [5, 5.41) is 4.69. The Labute approximate surface area is 59.7 Å². The predicted molar refractivity (Wildman–Crippen MR) is 40.3 cm³/mol. The second-order valence-electron chi connectivity index (χ2n) is 1.78. The van der Waals surface area contributed by atoms with Crippen molar-refractivity contribution in [3.05, 3.63) is 29.4 Å². The van der Waals surface area contributed by atoms with Gasteiger partial charge >= 0.3 is 0 Å². The molecule has 1 N–H and O–H groups in total. The van der Waals surface area contributed by atoms with Gasteiger partial charge in [0.25, 0.3) is 0 Å². The predicted octanol–water partition coefficient (Wildman–Crippen LogP) is 1.55. The number of rotatable bonds is 3. The van der Waals surface area contributed by atoms with Crippen LogP contribution in [0, 0.1) is 7.05 Å². The number of nitrogens with one attached hydrogen (secondary N) is 1. The Bertz CT molecular complexity index is 146. The van der Waals surface area contributed by atoms with E-state index in [4.69, 9.17) is 7.05 Å². The van der Waals surface area contributed by atoms with Crippen LogP contribution < -0.4 is 5.32 Å². The molecule has 1 nitrogen and oxygen atoms in total. The minimum Gasteiger partial charge on any atom is -0.311 e. The second kappa shape index (κ2) is 3.64. The van der Waals surface area contributed by atoms with Crippen molar-refractivity contribution in [3.63, 3.8) is 0 Å². The van der Waals surface area contributed by atoms with Gasteiger partial charge in [0.05, 0.1) is 0 Å². The maximum atomic E-state index is 5.10. The molecule has 0 saturated heterocycles. The molecule has 0 atom stereocenters. The van der Waals surface area contributed by atoms with E-state index in [0.29, 0.717) is 0 Å². The van der Waals surface area contributed by atoms with Crippen LogP contribution in [0.2, 0.25) is 0 Å². The van der Waals surface area contributed by atoms with Crippen molar-refractivity contribution < 1.29 is 0 Å². The van der Waals surface area contributed by atoms with Gasteiger partial charge in [-0.1, -0.05) is 6.07 Å². The van der Waals surface area contributed by atoms with Crippen LogP contribution in [0.15, 0.2) is 17.5 Å². The van der Waals surface area contributed by atoms with Crippen LogP contribution in [-0.2, 0) is 6.42 Å². The molecule has 0 bridgehead atoms. The third-order valence-electron chi connectivity index (χ3n) is 1.10. The SMILES string of the molecule is [CH]NCCc1cccs1. The fourth-order valence-corrected chi connectivity index (χ4v) is 1.36. The fourth-order valence-electron chi connectivity index (χ4n) is 0.650. The first-order valence-electron chi connectivity index (χ1n) is 2.89. The third-order valence-corrected chi connectivity index (χ3v) is 2.03. The standard InChI is InChI=1S/C7H9NS/c1-8-5-4-7-3-2-6-9-7/h1-3,6,8H,4-5H2. The molecular formula is C7H9NS. The first-order valence-corrected chi connectivity index (χ1v) is 3.77. The normalized spacial score (nSPS) is 9.89. The minimum atomic E-state index is 0.862. The van der Waals surface area contributed by atoms with Crippen molar-refractivity contribution in [2.24, 2.45) is 0 Å². The maximum absolute atomic E-state index is 5.10. The van der Waals surface area contributed by atoms with Crippen LogP contribution in [0.3, 0.4) is 0 Å². The van der Waals surface area contributed by atoms with Crippen LogP contribution in [0.1, 0.15) is 4.88 Å². The van der Waals surface area contributed by atoms with E-state index in [1.807, 2.05) is 0 Å². The fraction of sp³-hybridized carbons (Fsp3) is 0.286. The first-order chi connectivity index (χ1) is 4.43. The molecular weight excluding hydrogens is 130 g/mol. The van der Waals surface area contributed by atoms with E-state index in [1.165, 1.54) is 4.88 Å². The van der Waals surface area contributed by atoms with E-state index >= 15 is 0 Å². The Morgan fingerprint density at radius 3 is 3.11 bits per heavy atom. The summed E-state index contributed by atoms with van der Waals surface area (Å²) in [7, 11) is 5.10. The van der Waals surface area contributed by atoms with E-state index in [9.17, 15) is 0 Å². The zero-order valence-electron chi connectivity index (χ0n) is 5.13. The molecule has 1 heterocycles. The summed E-state index contributed by atoms with van der Waals surface area (Å²) in [4.78, 5) is 1.38. The molecule has 0 aliphatic rings. The molecule has 0 aromatic carbocycles. The molecule has 0 saturated carbocycles. The van der Waals surface area contributed by atoms with Crippen molar-refractivity contribution in [2.75, 3.05) is 6.54 Å². The van der Waals surface area contributed by atoms with Crippen LogP contribution in [0.5, 0.6) is 0 Å². The van der Waals surface area contributed by atoms with Gasteiger partial charge in [-0.2, -0.15) is 0 Å². The molecule has 0 aliphatic carbocycles. The summed E-state index contributed by atoms with van der Waals surface area (Å²) < 4.78 is 0. The lowest BCUT2D eigenvalue weighted by atomic mass is 10.3. The largest absolute Gasteiger partial charge is 0.311 e. The summed E-state index contributed by atoms with van der Waals surface area (Å²) in [5.74, 6) is 0. The smallest absolute Gasteiger partial charge is 0.0407 e. The van der Waals surface area contributed by atoms with Crippen molar-refractivity contribution in [1.29, 1.82) is 0 Å². The van der Waals surface area contributed by atoms with Crippen molar-refractivity contribution in [1.82, 2.24) is 5.32 Å². The van der Waals surface area contributed by atoms with Gasteiger partial charge in [0.1, 0.15) is 0 Å². The summed E-state index contributed by atoms with van der Waals surface area (Å²) in [6.45, 7) is 0.862. The highest BCUT2D eigenvalue weighted by Gasteiger charge is 1.89. The van der Waals surface area contributed by atoms with Crippen LogP contribution >= 0.6 is 11.3 Å². The molecule has 1 rings (SSSR count). The Kier molecular flexibility index (Phi) is 2.74. The van der Waals surface area contributed by atoms with E-state index in [1.54, 1.807) is 11.3 Å². The summed E-state index contributed by atoms with van der Waals surface area (Å²) in [6, 6.07) is 4.17. The lowest BCUT2D eigenvalue weighted by Crippen LogP contribution is -2.06. The van der Waals surface area contributed by atoms with Crippen LogP contribution in [-0.4, -0.2) is 6.54 Å². The van der Waals surface area contributed by atoms with Gasteiger partial charge in [0.15, 0.2) is 0 Å². The second-order valence-corrected chi connectivity index (χ2v) is 2.82. The molecule has 0 fully saturated rings. The molecule has 1 aromatic rings. The summed E-state index contributed by atoms with van der Waals surface area (Å²) in [6.07, 6.45) is 1.04. The number of hydrogen-bond acceptors (Lipinski definition) is 2. The average molecular weight is 139 g/mol. The molecule has 48 valence electrons. The number of hydrogen-bond donors (Lipinski definition) is 1. The highest BCUT2D eigenvalue weighted by Crippen LogP contribution is 2.07. The van der Waals surface area contributed by atoms with Crippen molar-refractivity contribution >= 4 is 11.3 Å². The first kappa shape index (κ1) is 6.78. The zero-order chi connectivity index (χ0) is 6.53. The van der Waals surface area contributed by atoms with E-state index in [-0.39, 0.29) is 0 Å². The van der Waals surface area contributed by atoms with Crippen LogP contribution in [0.4, 0.5) is 0 Å². The third kappa shape index (κ3) is 2.16. The van der Waals surface area contributed by atoms with Gasteiger partial charge in [-0.25, -0.2) is 0 Å². The number of thiophene rings is 1. The molecule has 0 unspecified atom stereocenters. The Hall–Kier alpha value is -0.340. The van der Waals surface area contributed by atoms with Gasteiger partial charge in [-0.3, -0.25) is 0 Å².